The number of nitrogens with zero attached hydrogens (tertiary/aromatic N) is 3. The predicted molar refractivity (Wildman–Crippen MR) is 102 cm³/mol. The topological polar surface area (TPSA) is 62.2 Å². The van der Waals surface area contributed by atoms with E-state index in [1.807, 2.05) is 6.92 Å². The molecule has 2 heterocycles. The zero-order chi connectivity index (χ0) is 18.2. The van der Waals surface area contributed by atoms with E-state index in [2.05, 4.69) is 46.1 Å². The fourth-order valence-electron chi connectivity index (χ4n) is 3.41. The average molecular weight is 350 g/mol. The maximum absolute atomic E-state index is 12.1. The van der Waals surface area contributed by atoms with Gasteiger partial charge >= 0.3 is 0 Å². The summed E-state index contributed by atoms with van der Waals surface area (Å²) in [4.78, 5) is 14.6. The van der Waals surface area contributed by atoms with Crippen LogP contribution in [-0.2, 0) is 17.8 Å². The molecule has 0 aromatic carbocycles. The zero-order valence-corrected chi connectivity index (χ0v) is 16.4. The van der Waals surface area contributed by atoms with Crippen LogP contribution in [0.4, 0.5) is 0 Å². The molecule has 2 rings (SSSR count). The SMILES string of the molecule is Cc1nn(CC(C)C)c(C)c1CCC(=O)NCCCN1CCNCC1. The molecule has 6 heteroatoms. The summed E-state index contributed by atoms with van der Waals surface area (Å²) in [6, 6.07) is 0. The third kappa shape index (κ3) is 6.44. The van der Waals surface area contributed by atoms with E-state index >= 15 is 0 Å². The van der Waals surface area contributed by atoms with Crippen molar-refractivity contribution in [3.63, 3.8) is 0 Å². The highest BCUT2D eigenvalue weighted by molar-refractivity contribution is 5.76. The molecule has 1 aliphatic heterocycles. The van der Waals surface area contributed by atoms with Gasteiger partial charge in [0.05, 0.1) is 5.69 Å². The molecule has 0 unspecified atom stereocenters. The Hall–Kier alpha value is -1.40. The molecule has 0 spiro atoms. The van der Waals surface area contributed by atoms with Crippen molar-refractivity contribution in [2.45, 2.75) is 53.5 Å². The number of carbonyl (C=O) groups excluding carboxylic acids is 1. The molecule has 1 aromatic rings. The van der Waals surface area contributed by atoms with Gasteiger partial charge in [-0.1, -0.05) is 13.8 Å². The molecule has 1 aromatic heterocycles. The molecule has 0 saturated carbocycles. The lowest BCUT2D eigenvalue weighted by Crippen LogP contribution is -2.44. The van der Waals surface area contributed by atoms with Crippen molar-refractivity contribution >= 4 is 5.91 Å². The van der Waals surface area contributed by atoms with Crippen molar-refractivity contribution < 1.29 is 4.79 Å². The molecule has 1 saturated heterocycles. The predicted octanol–water partition coefficient (Wildman–Crippen LogP) is 1.50. The van der Waals surface area contributed by atoms with Crippen molar-refractivity contribution in [3.05, 3.63) is 17.0 Å². The van der Waals surface area contributed by atoms with Crippen molar-refractivity contribution in [1.82, 2.24) is 25.3 Å². The normalized spacial score (nSPS) is 15.7. The van der Waals surface area contributed by atoms with Crippen LogP contribution in [0, 0.1) is 19.8 Å². The second-order valence-corrected chi connectivity index (χ2v) is 7.52. The Morgan fingerprint density at radius 3 is 2.68 bits per heavy atom. The Bertz CT molecular complexity index is 546. The van der Waals surface area contributed by atoms with Gasteiger partial charge in [0.2, 0.25) is 5.91 Å². The van der Waals surface area contributed by atoms with E-state index in [-0.39, 0.29) is 5.91 Å². The molecule has 1 amide bonds. The van der Waals surface area contributed by atoms with Gasteiger partial charge in [-0.05, 0) is 44.7 Å². The van der Waals surface area contributed by atoms with E-state index in [9.17, 15) is 4.79 Å². The average Bonchev–Trinajstić information content (AvgIpc) is 2.84. The van der Waals surface area contributed by atoms with E-state index in [0.29, 0.717) is 12.3 Å². The van der Waals surface area contributed by atoms with E-state index in [1.165, 1.54) is 11.3 Å². The minimum Gasteiger partial charge on any atom is -0.356 e. The van der Waals surface area contributed by atoms with Crippen LogP contribution in [-0.4, -0.2) is 59.9 Å². The highest BCUT2D eigenvalue weighted by Gasteiger charge is 2.14. The maximum atomic E-state index is 12.1. The molecule has 0 bridgehead atoms. The van der Waals surface area contributed by atoms with Gasteiger partial charge in [0.25, 0.3) is 0 Å². The fourth-order valence-corrected chi connectivity index (χ4v) is 3.41. The smallest absolute Gasteiger partial charge is 0.220 e. The number of hydrogen-bond donors (Lipinski definition) is 2. The van der Waals surface area contributed by atoms with E-state index < -0.39 is 0 Å². The van der Waals surface area contributed by atoms with Crippen LogP contribution in [0.1, 0.15) is 43.6 Å². The third-order valence-electron chi connectivity index (χ3n) is 4.85. The summed E-state index contributed by atoms with van der Waals surface area (Å²) in [6.07, 6.45) is 2.35. The van der Waals surface area contributed by atoms with Crippen molar-refractivity contribution in [3.8, 4) is 0 Å². The summed E-state index contributed by atoms with van der Waals surface area (Å²) in [5, 5.41) is 11.1. The lowest BCUT2D eigenvalue weighted by molar-refractivity contribution is -0.121. The monoisotopic (exact) mass is 349 g/mol. The molecule has 2 N–H and O–H groups in total. The number of hydrogen-bond acceptors (Lipinski definition) is 4. The molecule has 0 atom stereocenters. The molecular weight excluding hydrogens is 314 g/mol. The van der Waals surface area contributed by atoms with E-state index in [0.717, 1.165) is 64.3 Å². The van der Waals surface area contributed by atoms with Crippen LogP contribution in [0.15, 0.2) is 0 Å². The quantitative estimate of drug-likeness (QED) is 0.663. The van der Waals surface area contributed by atoms with E-state index in [4.69, 9.17) is 0 Å². The summed E-state index contributed by atoms with van der Waals surface area (Å²) < 4.78 is 2.08. The molecular formula is C19H35N5O. The molecule has 1 fully saturated rings. The van der Waals surface area contributed by atoms with Crippen LogP contribution in [0.25, 0.3) is 0 Å². The number of aryl methyl sites for hydroxylation is 1. The fraction of sp³-hybridized carbons (Fsp3) is 0.789. The summed E-state index contributed by atoms with van der Waals surface area (Å²) >= 11 is 0. The molecule has 142 valence electrons. The second kappa shape index (κ2) is 9.92. The van der Waals surface area contributed by atoms with Gasteiger partial charge in [-0.25, -0.2) is 0 Å². The first-order valence-electron chi connectivity index (χ1n) is 9.70. The number of carbonyl (C=O) groups is 1. The van der Waals surface area contributed by atoms with Gasteiger partial charge < -0.3 is 15.5 Å². The Labute approximate surface area is 152 Å². The van der Waals surface area contributed by atoms with Gasteiger partial charge in [0.15, 0.2) is 0 Å². The van der Waals surface area contributed by atoms with Crippen molar-refractivity contribution in [1.29, 1.82) is 0 Å². The molecule has 25 heavy (non-hydrogen) atoms. The minimum absolute atomic E-state index is 0.149. The first-order chi connectivity index (χ1) is 12.0. The lowest BCUT2D eigenvalue weighted by atomic mass is 10.1. The lowest BCUT2D eigenvalue weighted by Gasteiger charge is -2.27. The van der Waals surface area contributed by atoms with Crippen LogP contribution >= 0.6 is 0 Å². The third-order valence-corrected chi connectivity index (χ3v) is 4.85. The number of piperazine rings is 1. The molecule has 1 aliphatic rings. The van der Waals surface area contributed by atoms with Crippen LogP contribution in [0.5, 0.6) is 0 Å². The Kier molecular flexibility index (Phi) is 7.90. The summed E-state index contributed by atoms with van der Waals surface area (Å²) in [5.41, 5.74) is 3.50. The van der Waals surface area contributed by atoms with Gasteiger partial charge in [0.1, 0.15) is 0 Å². The second-order valence-electron chi connectivity index (χ2n) is 7.52. The minimum atomic E-state index is 0.149. The highest BCUT2D eigenvalue weighted by Crippen LogP contribution is 2.16. The van der Waals surface area contributed by atoms with E-state index in [1.54, 1.807) is 0 Å². The maximum Gasteiger partial charge on any atom is 0.220 e. The molecule has 0 aliphatic carbocycles. The largest absolute Gasteiger partial charge is 0.356 e. The number of amides is 1. The highest BCUT2D eigenvalue weighted by atomic mass is 16.1. The molecule has 6 nitrogen and oxygen atoms in total. The van der Waals surface area contributed by atoms with Crippen molar-refractivity contribution in [2.75, 3.05) is 39.3 Å². The van der Waals surface area contributed by atoms with Gasteiger partial charge in [-0.15, -0.1) is 0 Å². The number of nitrogens with one attached hydrogen (secondary N) is 2. The first kappa shape index (κ1) is 19.9. The van der Waals surface area contributed by atoms with Crippen LogP contribution < -0.4 is 10.6 Å². The van der Waals surface area contributed by atoms with Gasteiger partial charge in [-0.3, -0.25) is 9.48 Å². The van der Waals surface area contributed by atoms with Crippen molar-refractivity contribution in [2.24, 2.45) is 5.92 Å². The van der Waals surface area contributed by atoms with Gasteiger partial charge in [0, 0.05) is 51.4 Å². The standard InChI is InChI=1S/C19H35N5O/c1-15(2)14-24-17(4)18(16(3)22-24)6-7-19(25)21-8-5-11-23-12-9-20-10-13-23/h15,20H,5-14H2,1-4H3,(H,21,25). The summed E-state index contributed by atoms with van der Waals surface area (Å²) in [7, 11) is 0. The Morgan fingerprint density at radius 2 is 2.00 bits per heavy atom. The Balaban J connectivity index is 1.68. The summed E-state index contributed by atoms with van der Waals surface area (Å²) in [6.45, 7) is 15.7. The Morgan fingerprint density at radius 1 is 1.28 bits per heavy atom. The van der Waals surface area contributed by atoms with Gasteiger partial charge in [-0.2, -0.15) is 5.10 Å². The first-order valence-corrected chi connectivity index (χ1v) is 9.70. The number of rotatable bonds is 9. The van der Waals surface area contributed by atoms with Crippen LogP contribution in [0.2, 0.25) is 0 Å². The number of aromatic nitrogens is 2. The molecule has 0 radical (unpaired) electrons. The summed E-state index contributed by atoms with van der Waals surface area (Å²) in [5.74, 6) is 0.723. The van der Waals surface area contributed by atoms with Crippen LogP contribution in [0.3, 0.4) is 0 Å². The zero-order valence-electron chi connectivity index (χ0n) is 16.4.